The van der Waals surface area contributed by atoms with Crippen LogP contribution in [0.5, 0.6) is 0 Å². The van der Waals surface area contributed by atoms with E-state index in [0.717, 1.165) is 34.5 Å². The molecule has 0 fully saturated rings. The Kier molecular flexibility index (Phi) is 4.30. The minimum Gasteiger partial charge on any atom is -0.222 e. The molecule has 0 aliphatic heterocycles. The predicted octanol–water partition coefficient (Wildman–Crippen LogP) is 8.34. The van der Waals surface area contributed by atoms with Crippen LogP contribution in [-0.2, 0) is 6.42 Å². The summed E-state index contributed by atoms with van der Waals surface area (Å²) < 4.78 is 0. The molecular formula is C31H19ClN2. The summed E-state index contributed by atoms with van der Waals surface area (Å²) in [5.41, 5.74) is 8.85. The van der Waals surface area contributed by atoms with Gasteiger partial charge in [-0.2, -0.15) is 0 Å². The van der Waals surface area contributed by atoms with E-state index in [1.54, 1.807) is 0 Å². The van der Waals surface area contributed by atoms with E-state index in [2.05, 4.69) is 113 Å². The van der Waals surface area contributed by atoms with Gasteiger partial charge >= 0.3 is 0 Å². The lowest BCUT2D eigenvalue weighted by Crippen LogP contribution is -1.96. The summed E-state index contributed by atoms with van der Waals surface area (Å²) in [6, 6.07) is 36.7. The zero-order valence-electron chi connectivity index (χ0n) is 18.3. The first kappa shape index (κ1) is 19.5. The Bertz CT molecular complexity index is 1750. The maximum atomic E-state index is 6.37. The fraction of sp³-hybridized carbons (Fsp3) is 0.0323. The van der Waals surface area contributed by atoms with Crippen molar-refractivity contribution in [3.05, 3.63) is 120 Å². The smallest absolute Gasteiger partial charge is 0.222 e. The molecule has 34 heavy (non-hydrogen) atoms. The lowest BCUT2D eigenvalue weighted by molar-refractivity contribution is 1.07. The van der Waals surface area contributed by atoms with E-state index in [1.165, 1.54) is 38.2 Å². The second-order valence-electron chi connectivity index (χ2n) is 8.80. The van der Waals surface area contributed by atoms with Crippen LogP contribution in [0, 0.1) is 0 Å². The first-order chi connectivity index (χ1) is 16.7. The number of benzene rings is 5. The summed E-state index contributed by atoms with van der Waals surface area (Å²) in [7, 11) is 0. The van der Waals surface area contributed by atoms with Crippen molar-refractivity contribution in [2.45, 2.75) is 6.42 Å². The van der Waals surface area contributed by atoms with Gasteiger partial charge in [0.1, 0.15) is 0 Å². The van der Waals surface area contributed by atoms with E-state index < -0.39 is 0 Å². The van der Waals surface area contributed by atoms with E-state index in [9.17, 15) is 0 Å². The molecule has 0 amide bonds. The molecule has 3 heteroatoms. The van der Waals surface area contributed by atoms with E-state index in [1.807, 2.05) is 0 Å². The Morgan fingerprint density at radius 3 is 2.32 bits per heavy atom. The van der Waals surface area contributed by atoms with E-state index >= 15 is 0 Å². The summed E-state index contributed by atoms with van der Waals surface area (Å²) in [4.78, 5) is 9.24. The number of halogens is 1. The summed E-state index contributed by atoms with van der Waals surface area (Å²) in [6.45, 7) is 0. The summed E-state index contributed by atoms with van der Waals surface area (Å²) in [5, 5.41) is 5.35. The lowest BCUT2D eigenvalue weighted by Gasteiger charge is -2.12. The van der Waals surface area contributed by atoms with Crippen molar-refractivity contribution in [2.24, 2.45) is 0 Å². The standard InChI is InChI=1S/C31H19ClN2/c32-31-33-28-18-22-7-2-4-11-27(22)29(28)30(34-31)24-9-5-8-20(17-24)21-14-15-26-23(16-21)13-12-19-6-1-3-10-25(19)26/h1-17H,18H2. The molecule has 0 N–H and O–H groups in total. The van der Waals surface area contributed by atoms with Gasteiger partial charge in [0.15, 0.2) is 0 Å². The number of hydrogen-bond acceptors (Lipinski definition) is 2. The third-order valence-corrected chi connectivity index (χ3v) is 6.98. The van der Waals surface area contributed by atoms with Crippen LogP contribution in [0.4, 0.5) is 0 Å². The largest absolute Gasteiger partial charge is 0.223 e. The number of rotatable bonds is 2. The quantitative estimate of drug-likeness (QED) is 0.194. The molecule has 160 valence electrons. The third-order valence-electron chi connectivity index (χ3n) is 6.82. The van der Waals surface area contributed by atoms with Crippen molar-refractivity contribution in [3.8, 4) is 33.5 Å². The molecule has 6 aromatic rings. The van der Waals surface area contributed by atoms with Crippen LogP contribution < -0.4 is 0 Å². The Hall–Kier alpha value is -4.01. The van der Waals surface area contributed by atoms with Gasteiger partial charge in [0.05, 0.1) is 11.4 Å². The molecule has 0 unspecified atom stereocenters. The van der Waals surface area contributed by atoms with Gasteiger partial charge in [0.2, 0.25) is 5.28 Å². The highest BCUT2D eigenvalue weighted by Gasteiger charge is 2.25. The number of fused-ring (bicyclic) bond motifs is 6. The fourth-order valence-corrected chi connectivity index (χ4v) is 5.42. The Balaban J connectivity index is 1.38. The van der Waals surface area contributed by atoms with Crippen LogP contribution >= 0.6 is 11.6 Å². The molecule has 1 heterocycles. The molecule has 1 aromatic heterocycles. The summed E-state index contributed by atoms with van der Waals surface area (Å²) in [6.07, 6.45) is 0.791. The van der Waals surface area contributed by atoms with Gasteiger partial charge in [-0.3, -0.25) is 0 Å². The van der Waals surface area contributed by atoms with Crippen LogP contribution in [0.3, 0.4) is 0 Å². The maximum absolute atomic E-state index is 6.37. The number of aromatic nitrogens is 2. The molecule has 0 spiro atoms. The Labute approximate surface area is 202 Å². The number of nitrogens with zero attached hydrogens (tertiary/aromatic N) is 2. The molecule has 0 saturated carbocycles. The highest BCUT2D eigenvalue weighted by molar-refractivity contribution is 6.28. The highest BCUT2D eigenvalue weighted by Crippen LogP contribution is 2.42. The normalized spacial score (nSPS) is 12.1. The van der Waals surface area contributed by atoms with Crippen LogP contribution in [0.25, 0.3) is 55.1 Å². The maximum Gasteiger partial charge on any atom is 0.223 e. The molecule has 0 saturated heterocycles. The van der Waals surface area contributed by atoms with Gasteiger partial charge in [-0.1, -0.05) is 91.0 Å². The number of hydrogen-bond donors (Lipinski definition) is 0. The molecule has 7 rings (SSSR count). The first-order valence-electron chi connectivity index (χ1n) is 11.4. The van der Waals surface area contributed by atoms with Gasteiger partial charge in [-0.15, -0.1) is 0 Å². The second kappa shape index (κ2) is 7.51. The van der Waals surface area contributed by atoms with Crippen molar-refractivity contribution >= 4 is 33.1 Å². The van der Waals surface area contributed by atoms with Crippen molar-refractivity contribution in [1.29, 1.82) is 0 Å². The summed E-state index contributed by atoms with van der Waals surface area (Å²) in [5.74, 6) is 0. The van der Waals surface area contributed by atoms with E-state index in [0.29, 0.717) is 5.28 Å². The SMILES string of the molecule is Clc1nc2c(c(-c3cccc(-c4ccc5c(ccc6ccccc65)c4)c3)n1)-c1ccccc1C2. The monoisotopic (exact) mass is 454 g/mol. The average molecular weight is 455 g/mol. The fourth-order valence-electron chi connectivity index (χ4n) is 5.23. The second-order valence-corrected chi connectivity index (χ2v) is 9.14. The van der Waals surface area contributed by atoms with Crippen molar-refractivity contribution < 1.29 is 0 Å². The topological polar surface area (TPSA) is 25.8 Å². The third kappa shape index (κ3) is 3.03. The molecular weight excluding hydrogens is 436 g/mol. The van der Waals surface area contributed by atoms with Gasteiger partial charge in [-0.25, -0.2) is 9.97 Å². The van der Waals surface area contributed by atoms with Crippen LogP contribution in [-0.4, -0.2) is 9.97 Å². The lowest BCUT2D eigenvalue weighted by atomic mass is 9.95. The van der Waals surface area contributed by atoms with Gasteiger partial charge < -0.3 is 0 Å². The van der Waals surface area contributed by atoms with Crippen molar-refractivity contribution in [1.82, 2.24) is 9.97 Å². The van der Waals surface area contributed by atoms with Gasteiger partial charge in [0.25, 0.3) is 0 Å². The molecule has 0 radical (unpaired) electrons. The van der Waals surface area contributed by atoms with Crippen LogP contribution in [0.15, 0.2) is 103 Å². The average Bonchev–Trinajstić information content (AvgIpc) is 3.26. The minimum absolute atomic E-state index is 0.296. The van der Waals surface area contributed by atoms with E-state index in [-0.39, 0.29) is 0 Å². The molecule has 0 bridgehead atoms. The Morgan fingerprint density at radius 2 is 1.35 bits per heavy atom. The zero-order chi connectivity index (χ0) is 22.6. The summed E-state index contributed by atoms with van der Waals surface area (Å²) >= 11 is 6.37. The van der Waals surface area contributed by atoms with Crippen LogP contribution in [0.2, 0.25) is 5.28 Å². The molecule has 0 atom stereocenters. The van der Waals surface area contributed by atoms with Gasteiger partial charge in [-0.05, 0) is 67.5 Å². The molecule has 2 nitrogen and oxygen atoms in total. The predicted molar refractivity (Wildman–Crippen MR) is 141 cm³/mol. The molecule has 1 aliphatic rings. The molecule has 1 aliphatic carbocycles. The highest BCUT2D eigenvalue weighted by atomic mass is 35.5. The minimum atomic E-state index is 0.296. The van der Waals surface area contributed by atoms with E-state index in [4.69, 9.17) is 11.6 Å². The first-order valence-corrected chi connectivity index (χ1v) is 11.8. The van der Waals surface area contributed by atoms with Crippen LogP contribution in [0.1, 0.15) is 11.3 Å². The zero-order valence-corrected chi connectivity index (χ0v) is 19.1. The van der Waals surface area contributed by atoms with Crippen molar-refractivity contribution in [3.63, 3.8) is 0 Å². The van der Waals surface area contributed by atoms with Crippen molar-refractivity contribution in [2.75, 3.05) is 0 Å². The molecule has 5 aromatic carbocycles. The van der Waals surface area contributed by atoms with Gasteiger partial charge in [0, 0.05) is 17.5 Å². The Morgan fingerprint density at radius 1 is 0.588 bits per heavy atom.